The molecule has 10 nitrogen and oxygen atoms in total. The van der Waals surface area contributed by atoms with E-state index in [1.807, 2.05) is 0 Å². The van der Waals surface area contributed by atoms with Crippen LogP contribution in [0.3, 0.4) is 0 Å². The third-order valence-corrected chi connectivity index (χ3v) is 4.99. The highest BCUT2D eigenvalue weighted by molar-refractivity contribution is 5.76. The van der Waals surface area contributed by atoms with Crippen LogP contribution in [0.15, 0.2) is 77.6 Å². The summed E-state index contributed by atoms with van der Waals surface area (Å²) < 4.78 is 21.4. The fourth-order valence-corrected chi connectivity index (χ4v) is 3.37. The fourth-order valence-electron chi connectivity index (χ4n) is 3.37. The fraction of sp³-hybridized carbons (Fsp3) is 0.0435. The first-order valence-corrected chi connectivity index (χ1v) is 10.1. The Morgan fingerprint density at radius 1 is 1.03 bits per heavy atom. The number of aromatic nitrogens is 6. The number of pyridine rings is 1. The molecule has 0 spiro atoms. The van der Waals surface area contributed by atoms with Gasteiger partial charge < -0.3 is 14.9 Å². The molecule has 34 heavy (non-hydrogen) atoms. The molecule has 0 atom stereocenters. The zero-order valence-corrected chi connectivity index (χ0v) is 17.5. The Morgan fingerprint density at radius 2 is 1.79 bits per heavy atom. The summed E-state index contributed by atoms with van der Waals surface area (Å²) in [6, 6.07) is 16.8. The lowest BCUT2D eigenvalue weighted by Gasteiger charge is -2.08. The van der Waals surface area contributed by atoms with Crippen molar-refractivity contribution >= 4 is 6.09 Å². The molecule has 0 bridgehead atoms. The topological polar surface area (TPSA) is 132 Å². The molecule has 2 aromatic carbocycles. The van der Waals surface area contributed by atoms with Crippen molar-refractivity contribution in [2.24, 2.45) is 0 Å². The van der Waals surface area contributed by atoms with E-state index in [-0.39, 0.29) is 23.8 Å². The average molecular weight is 457 g/mol. The number of hydrogen-bond acceptors (Lipinski definition) is 7. The van der Waals surface area contributed by atoms with Gasteiger partial charge in [0.1, 0.15) is 17.2 Å². The number of amides is 1. The normalized spacial score (nSPS) is 10.9. The summed E-state index contributed by atoms with van der Waals surface area (Å²) in [6.07, 6.45) is 2.12. The van der Waals surface area contributed by atoms with Gasteiger partial charge in [-0.2, -0.15) is 4.98 Å². The van der Waals surface area contributed by atoms with Crippen LogP contribution in [0.1, 0.15) is 5.56 Å². The highest BCUT2D eigenvalue weighted by Gasteiger charge is 2.24. The van der Waals surface area contributed by atoms with Gasteiger partial charge >= 0.3 is 6.09 Å². The van der Waals surface area contributed by atoms with Crippen LogP contribution in [-0.2, 0) is 6.54 Å². The first-order valence-electron chi connectivity index (χ1n) is 10.1. The molecule has 0 aliphatic rings. The Balaban J connectivity index is 1.53. The van der Waals surface area contributed by atoms with Crippen molar-refractivity contribution < 1.29 is 18.8 Å². The Kier molecular flexibility index (Phi) is 5.48. The average Bonchev–Trinajstić information content (AvgIpc) is 3.51. The second-order valence-electron chi connectivity index (χ2n) is 7.16. The summed E-state index contributed by atoms with van der Waals surface area (Å²) in [6.45, 7) is 0.182. The number of nitrogens with one attached hydrogen (secondary N) is 1. The molecule has 2 N–H and O–H groups in total. The van der Waals surface area contributed by atoms with Gasteiger partial charge in [0.05, 0.1) is 0 Å². The highest BCUT2D eigenvalue weighted by atomic mass is 19.1. The van der Waals surface area contributed by atoms with Gasteiger partial charge in [-0.1, -0.05) is 46.8 Å². The van der Waals surface area contributed by atoms with Crippen LogP contribution in [0.2, 0.25) is 0 Å². The maximum Gasteiger partial charge on any atom is 0.404 e. The number of carboxylic acid groups (broad SMARTS) is 1. The highest BCUT2D eigenvalue weighted by Crippen LogP contribution is 2.32. The molecule has 0 saturated heterocycles. The molecule has 1 amide bonds. The summed E-state index contributed by atoms with van der Waals surface area (Å²) in [4.78, 5) is 19.2. The Bertz CT molecular complexity index is 1450. The minimum absolute atomic E-state index is 0.112. The van der Waals surface area contributed by atoms with Crippen LogP contribution in [0.4, 0.5) is 9.18 Å². The molecule has 168 valence electrons. The summed E-state index contributed by atoms with van der Waals surface area (Å²) >= 11 is 0. The number of hydrogen-bond donors (Lipinski definition) is 2. The zero-order valence-electron chi connectivity index (χ0n) is 17.5. The van der Waals surface area contributed by atoms with E-state index in [0.717, 1.165) is 5.56 Å². The molecular formula is C23H16FN7O3. The number of carbonyl (C=O) groups is 1. The predicted octanol–water partition coefficient (Wildman–Crippen LogP) is 3.95. The first kappa shape index (κ1) is 20.9. The van der Waals surface area contributed by atoms with Crippen molar-refractivity contribution in [3.8, 4) is 39.9 Å². The number of benzene rings is 2. The summed E-state index contributed by atoms with van der Waals surface area (Å²) in [5.41, 5.74) is 3.11. The number of halogens is 1. The SMILES string of the molecule is O=C(O)NCc1ccc(-c2noc(-c3nnn(-c4ccccc4F)c3-c3ccncc3)n2)cc1. The van der Waals surface area contributed by atoms with E-state index in [4.69, 9.17) is 9.63 Å². The Morgan fingerprint density at radius 3 is 2.53 bits per heavy atom. The Hall–Kier alpha value is -4.93. The molecule has 0 radical (unpaired) electrons. The van der Waals surface area contributed by atoms with Gasteiger partial charge in [0.2, 0.25) is 5.82 Å². The van der Waals surface area contributed by atoms with E-state index in [1.54, 1.807) is 67.0 Å². The third-order valence-electron chi connectivity index (χ3n) is 4.99. The van der Waals surface area contributed by atoms with E-state index in [2.05, 4.69) is 30.8 Å². The minimum Gasteiger partial charge on any atom is -0.465 e. The van der Waals surface area contributed by atoms with E-state index in [0.29, 0.717) is 22.6 Å². The van der Waals surface area contributed by atoms with Crippen molar-refractivity contribution in [1.29, 1.82) is 0 Å². The van der Waals surface area contributed by atoms with Gasteiger partial charge in [-0.3, -0.25) is 4.98 Å². The Labute approximate surface area is 191 Å². The van der Waals surface area contributed by atoms with Gasteiger partial charge in [0.25, 0.3) is 5.89 Å². The van der Waals surface area contributed by atoms with Crippen LogP contribution in [0.5, 0.6) is 0 Å². The smallest absolute Gasteiger partial charge is 0.404 e. The van der Waals surface area contributed by atoms with Crippen molar-refractivity contribution in [2.45, 2.75) is 6.54 Å². The lowest BCUT2D eigenvalue weighted by atomic mass is 10.1. The first-order chi connectivity index (χ1) is 16.6. The molecule has 0 fully saturated rings. The van der Waals surface area contributed by atoms with Crippen molar-refractivity contribution in [2.75, 3.05) is 0 Å². The molecular weight excluding hydrogens is 441 g/mol. The summed E-state index contributed by atoms with van der Waals surface area (Å²) in [5.74, 6) is -0.0344. The molecule has 0 aliphatic carbocycles. The number of rotatable bonds is 6. The molecule has 11 heteroatoms. The quantitative estimate of drug-likeness (QED) is 0.392. The van der Waals surface area contributed by atoms with Crippen molar-refractivity contribution in [3.05, 3.63) is 84.4 Å². The van der Waals surface area contributed by atoms with Crippen LogP contribution in [0.25, 0.3) is 39.9 Å². The van der Waals surface area contributed by atoms with Crippen LogP contribution in [0, 0.1) is 5.82 Å². The maximum absolute atomic E-state index is 14.6. The van der Waals surface area contributed by atoms with Crippen LogP contribution in [-0.4, -0.2) is 41.3 Å². The van der Waals surface area contributed by atoms with Gasteiger partial charge in [-0.15, -0.1) is 5.10 Å². The second kappa shape index (κ2) is 8.90. The summed E-state index contributed by atoms with van der Waals surface area (Å²) in [5, 5.41) is 23.4. The molecule has 3 aromatic heterocycles. The van der Waals surface area contributed by atoms with E-state index in [9.17, 15) is 9.18 Å². The molecule has 0 saturated carbocycles. The molecule has 0 aliphatic heterocycles. The molecule has 5 aromatic rings. The number of para-hydroxylation sites is 1. The minimum atomic E-state index is -1.10. The van der Waals surface area contributed by atoms with Gasteiger partial charge in [0, 0.05) is 30.1 Å². The van der Waals surface area contributed by atoms with E-state index < -0.39 is 11.9 Å². The number of nitrogens with zero attached hydrogens (tertiary/aromatic N) is 6. The van der Waals surface area contributed by atoms with E-state index >= 15 is 0 Å². The molecule has 0 unspecified atom stereocenters. The summed E-state index contributed by atoms with van der Waals surface area (Å²) in [7, 11) is 0. The molecule has 5 rings (SSSR count). The van der Waals surface area contributed by atoms with Crippen molar-refractivity contribution in [1.82, 2.24) is 35.4 Å². The zero-order chi connectivity index (χ0) is 23.5. The largest absolute Gasteiger partial charge is 0.465 e. The van der Waals surface area contributed by atoms with Crippen LogP contribution < -0.4 is 5.32 Å². The predicted molar refractivity (Wildman–Crippen MR) is 118 cm³/mol. The van der Waals surface area contributed by atoms with E-state index in [1.165, 1.54) is 10.7 Å². The maximum atomic E-state index is 14.6. The van der Waals surface area contributed by atoms with Gasteiger partial charge in [-0.25, -0.2) is 13.9 Å². The lowest BCUT2D eigenvalue weighted by Crippen LogP contribution is -2.19. The third kappa shape index (κ3) is 4.09. The van der Waals surface area contributed by atoms with Gasteiger partial charge in [-0.05, 0) is 29.8 Å². The van der Waals surface area contributed by atoms with Gasteiger partial charge in [0.15, 0.2) is 5.69 Å². The van der Waals surface area contributed by atoms with Crippen LogP contribution >= 0.6 is 0 Å². The lowest BCUT2D eigenvalue weighted by molar-refractivity contribution is 0.194. The second-order valence-corrected chi connectivity index (χ2v) is 7.16. The molecule has 3 heterocycles. The van der Waals surface area contributed by atoms with Crippen molar-refractivity contribution in [3.63, 3.8) is 0 Å². The monoisotopic (exact) mass is 457 g/mol. The standard InChI is InChI=1S/C23H16FN7O3/c24-17-3-1-2-4-18(17)31-20(15-9-11-25-12-10-15)19(28-30-31)22-27-21(29-34-22)16-7-5-14(6-8-16)13-26-23(32)33/h1-12,26H,13H2,(H,32,33).